The van der Waals surface area contributed by atoms with Crippen molar-refractivity contribution in [3.8, 4) is 0 Å². The van der Waals surface area contributed by atoms with Gasteiger partial charge in [-0.3, -0.25) is 4.79 Å². The standard InChI is InChI=1S/C16H25N3O/c1-12-7-8-19(14(9-12)11-17)16(20)10-15(18)13-5-3-2-4-6-13/h2-6,12,14-15H,7-11,17-18H2,1H3. The Morgan fingerprint density at radius 1 is 1.40 bits per heavy atom. The second-order valence-electron chi connectivity index (χ2n) is 5.83. The molecule has 3 unspecified atom stereocenters. The van der Waals surface area contributed by atoms with Crippen molar-refractivity contribution in [2.24, 2.45) is 17.4 Å². The van der Waals surface area contributed by atoms with E-state index in [1.807, 2.05) is 35.2 Å². The van der Waals surface area contributed by atoms with Gasteiger partial charge in [0.05, 0.1) is 0 Å². The fraction of sp³-hybridized carbons (Fsp3) is 0.562. The van der Waals surface area contributed by atoms with Crippen LogP contribution in [0.15, 0.2) is 30.3 Å². The summed E-state index contributed by atoms with van der Waals surface area (Å²) in [5.74, 6) is 0.777. The highest BCUT2D eigenvalue weighted by Crippen LogP contribution is 2.24. The molecule has 1 heterocycles. The zero-order chi connectivity index (χ0) is 14.5. The third kappa shape index (κ3) is 3.58. The molecular weight excluding hydrogens is 250 g/mol. The molecule has 4 N–H and O–H groups in total. The Hall–Kier alpha value is -1.39. The predicted molar refractivity (Wildman–Crippen MR) is 80.9 cm³/mol. The fourth-order valence-electron chi connectivity index (χ4n) is 2.93. The molecule has 1 aromatic carbocycles. The first-order valence-electron chi connectivity index (χ1n) is 7.42. The van der Waals surface area contributed by atoms with Crippen molar-refractivity contribution in [3.05, 3.63) is 35.9 Å². The summed E-state index contributed by atoms with van der Waals surface area (Å²) in [6.07, 6.45) is 2.42. The maximum atomic E-state index is 12.4. The molecule has 0 bridgehead atoms. The van der Waals surface area contributed by atoms with E-state index in [0.29, 0.717) is 18.9 Å². The molecule has 2 rings (SSSR count). The van der Waals surface area contributed by atoms with Gasteiger partial charge in [0.25, 0.3) is 0 Å². The summed E-state index contributed by atoms with van der Waals surface area (Å²) in [5.41, 5.74) is 13.0. The average molecular weight is 275 g/mol. The number of hydrogen-bond acceptors (Lipinski definition) is 3. The van der Waals surface area contributed by atoms with E-state index in [1.165, 1.54) is 0 Å². The number of carbonyl (C=O) groups is 1. The van der Waals surface area contributed by atoms with Gasteiger partial charge in [-0.05, 0) is 24.3 Å². The van der Waals surface area contributed by atoms with Crippen LogP contribution in [0.25, 0.3) is 0 Å². The van der Waals surface area contributed by atoms with Crippen molar-refractivity contribution in [2.75, 3.05) is 13.1 Å². The Balaban J connectivity index is 1.97. The zero-order valence-electron chi connectivity index (χ0n) is 12.2. The summed E-state index contributed by atoms with van der Waals surface area (Å²) < 4.78 is 0. The summed E-state index contributed by atoms with van der Waals surface area (Å²) in [7, 11) is 0. The number of piperidine rings is 1. The van der Waals surface area contributed by atoms with E-state index < -0.39 is 0 Å². The summed E-state index contributed by atoms with van der Waals surface area (Å²) >= 11 is 0. The van der Waals surface area contributed by atoms with Crippen molar-refractivity contribution in [1.82, 2.24) is 4.90 Å². The molecule has 20 heavy (non-hydrogen) atoms. The molecule has 1 saturated heterocycles. The minimum atomic E-state index is -0.235. The van der Waals surface area contributed by atoms with E-state index in [-0.39, 0.29) is 18.0 Å². The highest BCUT2D eigenvalue weighted by Gasteiger charge is 2.29. The van der Waals surface area contributed by atoms with E-state index in [1.54, 1.807) is 0 Å². The third-order valence-corrected chi connectivity index (χ3v) is 4.19. The van der Waals surface area contributed by atoms with Gasteiger partial charge >= 0.3 is 0 Å². The molecule has 0 radical (unpaired) electrons. The van der Waals surface area contributed by atoms with Gasteiger partial charge < -0.3 is 16.4 Å². The lowest BCUT2D eigenvalue weighted by molar-refractivity contribution is -0.135. The number of nitrogens with zero attached hydrogens (tertiary/aromatic N) is 1. The molecule has 110 valence electrons. The maximum Gasteiger partial charge on any atom is 0.224 e. The van der Waals surface area contributed by atoms with Crippen molar-refractivity contribution in [2.45, 2.75) is 38.3 Å². The van der Waals surface area contributed by atoms with Crippen molar-refractivity contribution >= 4 is 5.91 Å². The first-order valence-corrected chi connectivity index (χ1v) is 7.42. The number of benzene rings is 1. The Morgan fingerprint density at radius 2 is 2.10 bits per heavy atom. The van der Waals surface area contributed by atoms with Crippen LogP contribution in [-0.4, -0.2) is 29.9 Å². The Bertz CT molecular complexity index is 435. The van der Waals surface area contributed by atoms with Gasteiger partial charge in [0.2, 0.25) is 5.91 Å². The molecule has 1 amide bonds. The van der Waals surface area contributed by atoms with Gasteiger partial charge in [0.15, 0.2) is 0 Å². The van der Waals surface area contributed by atoms with E-state index in [0.717, 1.165) is 24.9 Å². The lowest BCUT2D eigenvalue weighted by Gasteiger charge is -2.38. The lowest BCUT2D eigenvalue weighted by Crippen LogP contribution is -2.49. The molecule has 1 aliphatic rings. The van der Waals surface area contributed by atoms with Crippen LogP contribution in [0.4, 0.5) is 0 Å². The number of carbonyl (C=O) groups excluding carboxylic acids is 1. The molecular formula is C16H25N3O. The van der Waals surface area contributed by atoms with Crippen LogP contribution in [0.2, 0.25) is 0 Å². The van der Waals surface area contributed by atoms with Gasteiger partial charge in [0.1, 0.15) is 0 Å². The predicted octanol–water partition coefficient (Wildman–Crippen LogP) is 1.66. The van der Waals surface area contributed by atoms with Crippen LogP contribution >= 0.6 is 0 Å². The fourth-order valence-corrected chi connectivity index (χ4v) is 2.93. The van der Waals surface area contributed by atoms with Gasteiger partial charge in [0, 0.05) is 31.6 Å². The molecule has 0 aliphatic carbocycles. The summed E-state index contributed by atoms with van der Waals surface area (Å²) in [5, 5.41) is 0. The first kappa shape index (κ1) is 15.0. The molecule has 4 nitrogen and oxygen atoms in total. The van der Waals surface area contributed by atoms with Gasteiger partial charge in [-0.2, -0.15) is 0 Å². The van der Waals surface area contributed by atoms with E-state index in [9.17, 15) is 4.79 Å². The molecule has 4 heteroatoms. The quantitative estimate of drug-likeness (QED) is 0.878. The van der Waals surface area contributed by atoms with E-state index in [2.05, 4.69) is 6.92 Å². The molecule has 0 aromatic heterocycles. The van der Waals surface area contributed by atoms with Crippen molar-refractivity contribution in [3.63, 3.8) is 0 Å². The summed E-state index contributed by atoms with van der Waals surface area (Å²) in [6, 6.07) is 9.73. The zero-order valence-corrected chi connectivity index (χ0v) is 12.2. The Kier molecular flexibility index (Phi) is 5.15. The number of nitrogens with two attached hydrogens (primary N) is 2. The normalized spacial score (nSPS) is 24.4. The van der Waals surface area contributed by atoms with Gasteiger partial charge in [-0.15, -0.1) is 0 Å². The molecule has 1 aromatic rings. The Morgan fingerprint density at radius 3 is 2.75 bits per heavy atom. The molecule has 0 spiro atoms. The number of likely N-dealkylation sites (tertiary alicyclic amines) is 1. The highest BCUT2D eigenvalue weighted by atomic mass is 16.2. The minimum Gasteiger partial charge on any atom is -0.338 e. The van der Waals surface area contributed by atoms with Crippen molar-refractivity contribution < 1.29 is 4.79 Å². The summed E-state index contributed by atoms with van der Waals surface area (Å²) in [4.78, 5) is 14.4. The van der Waals surface area contributed by atoms with Crippen LogP contribution in [-0.2, 0) is 4.79 Å². The van der Waals surface area contributed by atoms with Crippen LogP contribution in [0, 0.1) is 5.92 Å². The molecule has 0 saturated carbocycles. The SMILES string of the molecule is CC1CCN(C(=O)CC(N)c2ccccc2)C(CN)C1. The minimum absolute atomic E-state index is 0.128. The lowest BCUT2D eigenvalue weighted by atomic mass is 9.91. The number of hydrogen-bond donors (Lipinski definition) is 2. The van der Waals surface area contributed by atoms with E-state index >= 15 is 0 Å². The van der Waals surface area contributed by atoms with E-state index in [4.69, 9.17) is 11.5 Å². The number of rotatable bonds is 4. The second kappa shape index (κ2) is 6.86. The monoisotopic (exact) mass is 275 g/mol. The highest BCUT2D eigenvalue weighted by molar-refractivity contribution is 5.77. The average Bonchev–Trinajstić information content (AvgIpc) is 2.47. The van der Waals surface area contributed by atoms with Crippen LogP contribution in [0.5, 0.6) is 0 Å². The van der Waals surface area contributed by atoms with Crippen LogP contribution < -0.4 is 11.5 Å². The van der Waals surface area contributed by atoms with Crippen LogP contribution in [0.1, 0.15) is 37.8 Å². The molecule has 1 aliphatic heterocycles. The largest absolute Gasteiger partial charge is 0.338 e. The first-order chi connectivity index (χ1) is 9.61. The molecule has 3 atom stereocenters. The second-order valence-corrected chi connectivity index (χ2v) is 5.83. The summed E-state index contributed by atoms with van der Waals surface area (Å²) in [6.45, 7) is 3.57. The van der Waals surface area contributed by atoms with Gasteiger partial charge in [-0.1, -0.05) is 37.3 Å². The number of amides is 1. The molecule has 1 fully saturated rings. The van der Waals surface area contributed by atoms with Crippen LogP contribution in [0.3, 0.4) is 0 Å². The van der Waals surface area contributed by atoms with Gasteiger partial charge in [-0.25, -0.2) is 0 Å². The third-order valence-electron chi connectivity index (χ3n) is 4.19. The Labute approximate surface area is 121 Å². The van der Waals surface area contributed by atoms with Crippen molar-refractivity contribution in [1.29, 1.82) is 0 Å². The topological polar surface area (TPSA) is 72.3 Å². The maximum absolute atomic E-state index is 12.4. The smallest absolute Gasteiger partial charge is 0.224 e.